The van der Waals surface area contributed by atoms with Crippen LogP contribution in [0.1, 0.15) is 56.0 Å². The number of aromatic nitrogens is 1. The largest absolute Gasteiger partial charge is 0.345 e. The fraction of sp³-hybridized carbons (Fsp3) is 0.800. The van der Waals surface area contributed by atoms with E-state index < -0.39 is 0 Å². The average molecular weight is 279 g/mol. The Morgan fingerprint density at radius 3 is 2.74 bits per heavy atom. The van der Waals surface area contributed by atoms with Gasteiger partial charge >= 0.3 is 0 Å². The normalized spacial score (nSPS) is 27.8. The topological polar surface area (TPSA) is 28.2 Å². The third-order valence-electron chi connectivity index (χ3n) is 4.40. The van der Waals surface area contributed by atoms with Crippen molar-refractivity contribution in [1.82, 2.24) is 10.3 Å². The van der Waals surface area contributed by atoms with Gasteiger partial charge in [0.1, 0.15) is 0 Å². The number of nitrogens with one attached hydrogen (secondary N) is 1. The predicted octanol–water partition coefficient (Wildman–Crippen LogP) is 3.36. The van der Waals surface area contributed by atoms with Crippen molar-refractivity contribution in [2.45, 2.75) is 58.0 Å². The second-order valence-corrected chi connectivity index (χ2v) is 7.34. The first-order valence-electron chi connectivity index (χ1n) is 7.60. The molecule has 2 aliphatic rings. The van der Waals surface area contributed by atoms with Crippen LogP contribution >= 0.6 is 11.3 Å². The summed E-state index contributed by atoms with van der Waals surface area (Å²) in [7, 11) is 2.03. The van der Waals surface area contributed by atoms with Crippen molar-refractivity contribution in [2.75, 3.05) is 18.5 Å². The number of anilines is 1. The van der Waals surface area contributed by atoms with Gasteiger partial charge in [0.25, 0.3) is 0 Å². The van der Waals surface area contributed by atoms with E-state index in [1.807, 2.05) is 18.4 Å². The van der Waals surface area contributed by atoms with Crippen LogP contribution in [-0.2, 0) is 6.54 Å². The van der Waals surface area contributed by atoms with Crippen molar-refractivity contribution in [1.29, 1.82) is 0 Å². The molecule has 2 heterocycles. The van der Waals surface area contributed by atoms with Crippen molar-refractivity contribution in [3.8, 4) is 0 Å². The average Bonchev–Trinajstić information content (AvgIpc) is 3.12. The Labute approximate surface area is 120 Å². The standard InChI is InChI=1S/C15H25N3S/c1-10-6-7-18(11(2)8-10)15-17-14(12-4-5-12)13(19-15)9-16-3/h10-12,16H,4-9H2,1-3H3. The van der Waals surface area contributed by atoms with Crippen molar-refractivity contribution < 1.29 is 0 Å². The van der Waals surface area contributed by atoms with Crippen molar-refractivity contribution in [3.05, 3.63) is 10.6 Å². The molecule has 0 bridgehead atoms. The molecule has 0 spiro atoms. The van der Waals surface area contributed by atoms with Crippen LogP contribution in [0.2, 0.25) is 0 Å². The molecule has 19 heavy (non-hydrogen) atoms. The lowest BCUT2D eigenvalue weighted by atomic mass is 9.94. The molecule has 1 N–H and O–H groups in total. The van der Waals surface area contributed by atoms with E-state index in [1.165, 1.54) is 47.9 Å². The molecular formula is C15H25N3S. The molecule has 3 rings (SSSR count). The van der Waals surface area contributed by atoms with E-state index in [2.05, 4.69) is 24.1 Å². The van der Waals surface area contributed by atoms with Crippen molar-refractivity contribution in [3.63, 3.8) is 0 Å². The van der Waals surface area contributed by atoms with E-state index in [0.29, 0.717) is 6.04 Å². The molecule has 1 aromatic heterocycles. The Balaban J connectivity index is 1.82. The molecule has 1 aromatic rings. The zero-order chi connectivity index (χ0) is 13.4. The first-order chi connectivity index (χ1) is 9.19. The molecular weight excluding hydrogens is 254 g/mol. The maximum Gasteiger partial charge on any atom is 0.186 e. The zero-order valence-electron chi connectivity index (χ0n) is 12.3. The summed E-state index contributed by atoms with van der Waals surface area (Å²) in [6, 6.07) is 0.643. The molecule has 0 aromatic carbocycles. The lowest BCUT2D eigenvalue weighted by molar-refractivity contribution is 0.377. The van der Waals surface area contributed by atoms with Crippen LogP contribution in [-0.4, -0.2) is 24.6 Å². The number of nitrogens with zero attached hydrogens (tertiary/aromatic N) is 2. The summed E-state index contributed by atoms with van der Waals surface area (Å²) in [4.78, 5) is 9.00. The molecule has 4 heteroatoms. The quantitative estimate of drug-likeness (QED) is 0.916. The van der Waals surface area contributed by atoms with E-state index in [-0.39, 0.29) is 0 Å². The molecule has 1 saturated carbocycles. The Morgan fingerprint density at radius 2 is 2.11 bits per heavy atom. The van der Waals surface area contributed by atoms with Gasteiger partial charge in [-0.2, -0.15) is 0 Å². The number of piperidine rings is 1. The smallest absolute Gasteiger partial charge is 0.186 e. The van der Waals surface area contributed by atoms with Gasteiger partial charge in [0.15, 0.2) is 5.13 Å². The number of rotatable bonds is 4. The summed E-state index contributed by atoms with van der Waals surface area (Å²) in [6.07, 6.45) is 5.29. The molecule has 106 valence electrons. The fourth-order valence-electron chi connectivity index (χ4n) is 3.13. The summed E-state index contributed by atoms with van der Waals surface area (Å²) in [5.74, 6) is 1.62. The van der Waals surface area contributed by atoms with Crippen LogP contribution in [0.5, 0.6) is 0 Å². The summed E-state index contributed by atoms with van der Waals surface area (Å²) in [5, 5.41) is 4.56. The highest BCUT2D eigenvalue weighted by Crippen LogP contribution is 2.44. The van der Waals surface area contributed by atoms with E-state index in [4.69, 9.17) is 4.98 Å². The Morgan fingerprint density at radius 1 is 1.32 bits per heavy atom. The summed E-state index contributed by atoms with van der Waals surface area (Å²) >= 11 is 1.92. The maximum atomic E-state index is 4.99. The maximum absolute atomic E-state index is 4.99. The van der Waals surface area contributed by atoms with Crippen molar-refractivity contribution in [2.24, 2.45) is 5.92 Å². The van der Waals surface area contributed by atoms with E-state index in [1.54, 1.807) is 0 Å². The second-order valence-electron chi connectivity index (χ2n) is 6.28. The summed E-state index contributed by atoms with van der Waals surface area (Å²) in [6.45, 7) is 6.88. The Kier molecular flexibility index (Phi) is 3.81. The molecule has 1 aliphatic carbocycles. The fourth-order valence-corrected chi connectivity index (χ4v) is 4.41. The minimum absolute atomic E-state index is 0.643. The van der Waals surface area contributed by atoms with Gasteiger partial charge in [0.05, 0.1) is 5.69 Å². The van der Waals surface area contributed by atoms with E-state index in [9.17, 15) is 0 Å². The third-order valence-corrected chi connectivity index (χ3v) is 5.51. The summed E-state index contributed by atoms with van der Waals surface area (Å²) in [5.41, 5.74) is 1.39. The summed E-state index contributed by atoms with van der Waals surface area (Å²) < 4.78 is 0. The first kappa shape index (κ1) is 13.4. The van der Waals surface area contributed by atoms with Gasteiger partial charge in [-0.1, -0.05) is 6.92 Å². The van der Waals surface area contributed by atoms with Gasteiger partial charge in [-0.25, -0.2) is 4.98 Å². The molecule has 0 amide bonds. The highest BCUT2D eigenvalue weighted by atomic mass is 32.1. The third kappa shape index (κ3) is 2.79. The zero-order valence-corrected chi connectivity index (χ0v) is 13.1. The van der Waals surface area contributed by atoms with Crippen molar-refractivity contribution >= 4 is 16.5 Å². The SMILES string of the molecule is CNCc1sc(N2CCC(C)CC2C)nc1C1CC1. The monoisotopic (exact) mass is 279 g/mol. The molecule has 2 atom stereocenters. The Hall–Kier alpha value is -0.610. The highest BCUT2D eigenvalue weighted by Gasteiger charge is 2.32. The number of hydrogen-bond donors (Lipinski definition) is 1. The van der Waals surface area contributed by atoms with Gasteiger partial charge < -0.3 is 10.2 Å². The molecule has 3 nitrogen and oxygen atoms in total. The highest BCUT2D eigenvalue weighted by molar-refractivity contribution is 7.15. The second kappa shape index (κ2) is 5.41. The van der Waals surface area contributed by atoms with Crippen LogP contribution < -0.4 is 10.2 Å². The van der Waals surface area contributed by atoms with Crippen LogP contribution in [0.25, 0.3) is 0 Å². The van der Waals surface area contributed by atoms with Crippen LogP contribution in [0.4, 0.5) is 5.13 Å². The van der Waals surface area contributed by atoms with Gasteiger partial charge in [-0.15, -0.1) is 11.3 Å². The van der Waals surface area contributed by atoms with E-state index >= 15 is 0 Å². The number of hydrogen-bond acceptors (Lipinski definition) is 4. The van der Waals surface area contributed by atoms with Gasteiger partial charge in [0.2, 0.25) is 0 Å². The minimum atomic E-state index is 0.643. The van der Waals surface area contributed by atoms with Crippen LogP contribution in [0.3, 0.4) is 0 Å². The van der Waals surface area contributed by atoms with Gasteiger partial charge in [0, 0.05) is 29.9 Å². The molecule has 0 radical (unpaired) electrons. The molecule has 1 aliphatic heterocycles. The van der Waals surface area contributed by atoms with Crippen LogP contribution in [0.15, 0.2) is 0 Å². The van der Waals surface area contributed by atoms with E-state index in [0.717, 1.165) is 18.4 Å². The predicted molar refractivity (Wildman–Crippen MR) is 82.1 cm³/mol. The number of thiazole rings is 1. The van der Waals surface area contributed by atoms with Crippen LogP contribution in [0, 0.1) is 5.92 Å². The molecule has 1 saturated heterocycles. The first-order valence-corrected chi connectivity index (χ1v) is 8.41. The lowest BCUT2D eigenvalue weighted by Gasteiger charge is -2.36. The lowest BCUT2D eigenvalue weighted by Crippen LogP contribution is -2.40. The molecule has 2 unspecified atom stereocenters. The van der Waals surface area contributed by atoms with Gasteiger partial charge in [-0.05, 0) is 45.6 Å². The molecule has 2 fully saturated rings. The minimum Gasteiger partial charge on any atom is -0.345 e. The van der Waals surface area contributed by atoms with Gasteiger partial charge in [-0.3, -0.25) is 0 Å². The Bertz CT molecular complexity index is 439.